The Balaban J connectivity index is 1.86. The number of amides is 1. The average Bonchev–Trinajstić information content (AvgIpc) is 3.03. The third-order valence-electron chi connectivity index (χ3n) is 2.73. The summed E-state index contributed by atoms with van der Waals surface area (Å²) in [5.74, 6) is 0.255. The number of allylic oxidation sites excluding steroid dienone is 1. The van der Waals surface area contributed by atoms with Crippen molar-refractivity contribution >= 4 is 24.1 Å². The maximum absolute atomic E-state index is 11.8. The van der Waals surface area contributed by atoms with Gasteiger partial charge in [-0.25, -0.2) is 5.43 Å². The highest BCUT2D eigenvalue weighted by atomic mass is 16.6. The van der Waals surface area contributed by atoms with Gasteiger partial charge in [-0.3, -0.25) is 14.9 Å². The fourth-order valence-electron chi connectivity index (χ4n) is 1.61. The molecular formula is C15H13N3O5. The van der Waals surface area contributed by atoms with Crippen molar-refractivity contribution < 1.29 is 18.9 Å². The number of carbonyl (C=O) groups excluding carboxylic acids is 1. The Kier molecular flexibility index (Phi) is 5.24. The highest BCUT2D eigenvalue weighted by Crippen LogP contribution is 2.16. The van der Waals surface area contributed by atoms with Gasteiger partial charge in [0.2, 0.25) is 0 Å². The van der Waals surface area contributed by atoms with Crippen molar-refractivity contribution in [3.63, 3.8) is 0 Å². The Morgan fingerprint density at radius 2 is 2.04 bits per heavy atom. The van der Waals surface area contributed by atoms with Gasteiger partial charge in [0.05, 0.1) is 13.2 Å². The third kappa shape index (κ3) is 4.53. The summed E-state index contributed by atoms with van der Waals surface area (Å²) in [6.45, 7) is 0. The van der Waals surface area contributed by atoms with Crippen molar-refractivity contribution in [3.05, 3.63) is 63.9 Å². The lowest BCUT2D eigenvalue weighted by atomic mass is 10.2. The fraction of sp³-hybridized carbons (Fsp3) is 0.0667. The summed E-state index contributed by atoms with van der Waals surface area (Å²) in [4.78, 5) is 21.6. The normalized spacial score (nSPS) is 11.0. The molecule has 8 nitrogen and oxygen atoms in total. The Labute approximate surface area is 131 Å². The summed E-state index contributed by atoms with van der Waals surface area (Å²) < 4.78 is 9.92. The van der Waals surface area contributed by atoms with Crippen molar-refractivity contribution in [2.24, 2.45) is 5.10 Å². The number of furan rings is 1. The largest absolute Gasteiger partial charge is 0.497 e. The van der Waals surface area contributed by atoms with Crippen LogP contribution in [-0.4, -0.2) is 24.2 Å². The van der Waals surface area contributed by atoms with Crippen molar-refractivity contribution in [2.45, 2.75) is 0 Å². The Hall–Kier alpha value is -3.42. The predicted octanol–water partition coefficient (Wildman–Crippen LogP) is 2.63. The van der Waals surface area contributed by atoms with Gasteiger partial charge >= 0.3 is 5.88 Å². The van der Waals surface area contributed by atoms with E-state index in [1.165, 1.54) is 30.5 Å². The van der Waals surface area contributed by atoms with E-state index in [4.69, 9.17) is 9.15 Å². The van der Waals surface area contributed by atoms with Gasteiger partial charge in [0.25, 0.3) is 5.91 Å². The summed E-state index contributed by atoms with van der Waals surface area (Å²) in [6, 6.07) is 9.27. The minimum Gasteiger partial charge on any atom is -0.497 e. The van der Waals surface area contributed by atoms with Gasteiger partial charge in [-0.2, -0.15) is 5.10 Å². The molecule has 0 aliphatic carbocycles. The Morgan fingerprint density at radius 1 is 1.30 bits per heavy atom. The quantitative estimate of drug-likeness (QED) is 0.501. The molecule has 0 aliphatic rings. The summed E-state index contributed by atoms with van der Waals surface area (Å²) in [5, 5.41) is 14.2. The lowest BCUT2D eigenvalue weighted by molar-refractivity contribution is -0.402. The van der Waals surface area contributed by atoms with E-state index in [1.54, 1.807) is 31.4 Å². The molecule has 8 heteroatoms. The SMILES string of the molecule is COc1ccc(C(=O)NN=CC=Cc2ccc([N+](=O)[O-])o2)cc1. The van der Waals surface area contributed by atoms with E-state index in [0.717, 1.165) is 0 Å². The van der Waals surface area contributed by atoms with E-state index < -0.39 is 4.92 Å². The molecule has 1 heterocycles. The van der Waals surface area contributed by atoms with Crippen molar-refractivity contribution in [3.8, 4) is 5.75 Å². The molecule has 1 aromatic carbocycles. The molecule has 1 N–H and O–H groups in total. The van der Waals surface area contributed by atoms with Crippen LogP contribution in [0.5, 0.6) is 5.75 Å². The van der Waals surface area contributed by atoms with E-state index in [-0.39, 0.29) is 11.8 Å². The molecule has 0 saturated heterocycles. The van der Waals surface area contributed by atoms with Crippen molar-refractivity contribution in [1.82, 2.24) is 5.43 Å². The number of hydrogen-bond donors (Lipinski definition) is 1. The number of nitro groups is 1. The predicted molar refractivity (Wildman–Crippen MR) is 83.3 cm³/mol. The van der Waals surface area contributed by atoms with Crippen LogP contribution in [0.1, 0.15) is 16.1 Å². The van der Waals surface area contributed by atoms with E-state index in [0.29, 0.717) is 17.1 Å². The first kappa shape index (κ1) is 16.0. The van der Waals surface area contributed by atoms with Crippen LogP contribution in [0, 0.1) is 10.1 Å². The highest BCUT2D eigenvalue weighted by Gasteiger charge is 2.09. The second-order valence-corrected chi connectivity index (χ2v) is 4.24. The van der Waals surface area contributed by atoms with Crippen LogP contribution < -0.4 is 10.2 Å². The van der Waals surface area contributed by atoms with Gasteiger partial charge in [-0.15, -0.1) is 0 Å². The van der Waals surface area contributed by atoms with Crippen LogP contribution in [0.2, 0.25) is 0 Å². The molecule has 118 valence electrons. The molecule has 0 fully saturated rings. The molecule has 0 unspecified atom stereocenters. The molecule has 0 bridgehead atoms. The van der Waals surface area contributed by atoms with E-state index >= 15 is 0 Å². The minimum absolute atomic E-state index is 0.310. The summed E-state index contributed by atoms with van der Waals surface area (Å²) in [6.07, 6.45) is 4.29. The van der Waals surface area contributed by atoms with Crippen LogP contribution in [-0.2, 0) is 0 Å². The first-order valence-corrected chi connectivity index (χ1v) is 6.48. The molecule has 0 spiro atoms. The fourth-order valence-corrected chi connectivity index (χ4v) is 1.61. The first-order chi connectivity index (χ1) is 11.1. The summed E-state index contributed by atoms with van der Waals surface area (Å²) >= 11 is 0. The zero-order valence-electron chi connectivity index (χ0n) is 12.1. The second-order valence-electron chi connectivity index (χ2n) is 4.24. The smallest absolute Gasteiger partial charge is 0.433 e. The maximum Gasteiger partial charge on any atom is 0.433 e. The van der Waals surface area contributed by atoms with Gasteiger partial charge < -0.3 is 9.15 Å². The lowest BCUT2D eigenvalue weighted by Crippen LogP contribution is -2.17. The van der Waals surface area contributed by atoms with Crippen LogP contribution >= 0.6 is 0 Å². The Morgan fingerprint density at radius 3 is 2.65 bits per heavy atom. The number of benzene rings is 1. The average molecular weight is 315 g/mol. The molecule has 0 atom stereocenters. The minimum atomic E-state index is -0.624. The number of nitrogens with one attached hydrogen (secondary N) is 1. The lowest BCUT2D eigenvalue weighted by Gasteiger charge is -2.01. The van der Waals surface area contributed by atoms with Gasteiger partial charge in [0.15, 0.2) is 0 Å². The van der Waals surface area contributed by atoms with Gasteiger partial charge in [0.1, 0.15) is 16.4 Å². The number of carbonyl (C=O) groups is 1. The molecular weight excluding hydrogens is 302 g/mol. The monoisotopic (exact) mass is 315 g/mol. The number of hydrazone groups is 1. The number of nitrogens with zero attached hydrogens (tertiary/aromatic N) is 2. The van der Waals surface area contributed by atoms with Gasteiger partial charge in [-0.05, 0) is 42.5 Å². The first-order valence-electron chi connectivity index (χ1n) is 6.48. The number of methoxy groups -OCH3 is 1. The molecule has 2 aromatic rings. The third-order valence-corrected chi connectivity index (χ3v) is 2.73. The van der Waals surface area contributed by atoms with Crippen molar-refractivity contribution in [2.75, 3.05) is 7.11 Å². The molecule has 23 heavy (non-hydrogen) atoms. The Bertz CT molecular complexity index is 747. The number of hydrogen-bond acceptors (Lipinski definition) is 6. The molecule has 1 amide bonds. The number of rotatable bonds is 6. The molecule has 0 saturated carbocycles. The van der Waals surface area contributed by atoms with Gasteiger partial charge in [0, 0.05) is 11.8 Å². The molecule has 2 rings (SSSR count). The van der Waals surface area contributed by atoms with Gasteiger partial charge in [-0.1, -0.05) is 0 Å². The molecule has 1 aromatic heterocycles. The molecule has 0 radical (unpaired) electrons. The van der Waals surface area contributed by atoms with Crippen LogP contribution in [0.4, 0.5) is 5.88 Å². The van der Waals surface area contributed by atoms with Crippen LogP contribution in [0.3, 0.4) is 0 Å². The van der Waals surface area contributed by atoms with Crippen LogP contribution in [0.15, 0.2) is 52.0 Å². The highest BCUT2D eigenvalue weighted by molar-refractivity contribution is 5.94. The maximum atomic E-state index is 11.8. The number of ether oxygens (including phenoxy) is 1. The van der Waals surface area contributed by atoms with Crippen LogP contribution in [0.25, 0.3) is 6.08 Å². The zero-order chi connectivity index (χ0) is 16.7. The standard InChI is InChI=1S/C15H13N3O5/c1-22-12-6-4-11(5-7-12)15(19)17-16-10-2-3-13-8-9-14(23-13)18(20)21/h2-10H,1H3,(H,17,19). The second kappa shape index (κ2) is 7.55. The van der Waals surface area contributed by atoms with E-state index in [9.17, 15) is 14.9 Å². The van der Waals surface area contributed by atoms with E-state index in [2.05, 4.69) is 10.5 Å². The summed E-state index contributed by atoms with van der Waals surface area (Å²) in [5.41, 5.74) is 2.78. The zero-order valence-corrected chi connectivity index (χ0v) is 12.1. The van der Waals surface area contributed by atoms with E-state index in [1.807, 2.05) is 0 Å². The molecule has 0 aliphatic heterocycles. The van der Waals surface area contributed by atoms with Crippen molar-refractivity contribution in [1.29, 1.82) is 0 Å². The topological polar surface area (TPSA) is 107 Å². The summed E-state index contributed by atoms with van der Waals surface area (Å²) in [7, 11) is 1.54.